The van der Waals surface area contributed by atoms with E-state index >= 15 is 0 Å². The van der Waals surface area contributed by atoms with Gasteiger partial charge >= 0.3 is 6.03 Å². The number of fused-ring (bicyclic) bond motifs is 1. The van der Waals surface area contributed by atoms with Crippen LogP contribution < -0.4 is 10.6 Å². The highest BCUT2D eigenvalue weighted by atomic mass is 32.1. The molecule has 1 aromatic heterocycles. The van der Waals surface area contributed by atoms with E-state index < -0.39 is 17.5 Å². The summed E-state index contributed by atoms with van der Waals surface area (Å²) in [7, 11) is 0. The summed E-state index contributed by atoms with van der Waals surface area (Å²) in [5.41, 5.74) is 3.76. The molecule has 2 heterocycles. The Labute approximate surface area is 172 Å². The van der Waals surface area contributed by atoms with Crippen LogP contribution >= 0.6 is 11.3 Å². The second kappa shape index (κ2) is 6.66. The van der Waals surface area contributed by atoms with Gasteiger partial charge in [0.1, 0.15) is 12.1 Å². The van der Waals surface area contributed by atoms with Gasteiger partial charge in [0.25, 0.3) is 5.91 Å². The van der Waals surface area contributed by atoms with Gasteiger partial charge in [0.15, 0.2) is 5.13 Å². The number of imide groups is 1. The highest BCUT2D eigenvalue weighted by Crippen LogP contribution is 2.42. The van der Waals surface area contributed by atoms with Crippen molar-refractivity contribution < 1.29 is 14.4 Å². The fraction of sp³-hybridized carbons (Fsp3) is 0.429. The lowest BCUT2D eigenvalue weighted by atomic mass is 9.96. The Morgan fingerprint density at radius 2 is 2.10 bits per heavy atom. The molecule has 1 atom stereocenters. The SMILES string of the molecule is CC1(C2CC2)NC(=O)N(CC(=O)Nc2nc(-c3ccc4c(c3)CCC4)cs2)C1=O. The number of rotatable bonds is 5. The molecule has 1 saturated heterocycles. The van der Waals surface area contributed by atoms with E-state index in [4.69, 9.17) is 0 Å². The number of nitrogens with zero attached hydrogens (tertiary/aromatic N) is 2. The monoisotopic (exact) mass is 410 g/mol. The maximum Gasteiger partial charge on any atom is 0.325 e. The standard InChI is InChI=1S/C21H22N4O3S/c1-21(15-7-8-15)18(27)25(20(28)24-21)10-17(26)23-19-22-16(11-29-19)14-6-5-12-3-2-4-13(12)9-14/h5-6,9,11,15H,2-4,7-8,10H2,1H3,(H,24,28)(H,22,23,26). The molecule has 7 nitrogen and oxygen atoms in total. The van der Waals surface area contributed by atoms with Gasteiger partial charge in [-0.1, -0.05) is 12.1 Å². The quantitative estimate of drug-likeness (QED) is 0.742. The molecule has 1 aromatic carbocycles. The van der Waals surface area contributed by atoms with Crippen LogP contribution in [0.15, 0.2) is 23.6 Å². The zero-order chi connectivity index (χ0) is 20.2. The first-order valence-corrected chi connectivity index (χ1v) is 10.8. The molecule has 150 valence electrons. The number of hydrogen-bond donors (Lipinski definition) is 2. The first-order valence-electron chi connectivity index (χ1n) is 9.96. The molecule has 0 bridgehead atoms. The fourth-order valence-electron chi connectivity index (χ4n) is 4.29. The summed E-state index contributed by atoms with van der Waals surface area (Å²) < 4.78 is 0. The second-order valence-corrected chi connectivity index (χ2v) is 9.08. The van der Waals surface area contributed by atoms with Gasteiger partial charge in [-0.3, -0.25) is 14.5 Å². The average Bonchev–Trinajstić information content (AvgIpc) is 3.21. The molecule has 1 saturated carbocycles. The highest BCUT2D eigenvalue weighted by Gasteiger charge is 2.56. The van der Waals surface area contributed by atoms with E-state index in [-0.39, 0.29) is 18.4 Å². The van der Waals surface area contributed by atoms with E-state index in [1.165, 1.54) is 28.9 Å². The number of carbonyl (C=O) groups is 3. The number of nitrogens with one attached hydrogen (secondary N) is 2. The van der Waals surface area contributed by atoms with Gasteiger partial charge in [-0.05, 0) is 62.1 Å². The summed E-state index contributed by atoms with van der Waals surface area (Å²) >= 11 is 1.33. The Bertz CT molecular complexity index is 1030. The minimum atomic E-state index is -0.876. The van der Waals surface area contributed by atoms with Gasteiger partial charge in [0.2, 0.25) is 5.91 Å². The van der Waals surface area contributed by atoms with Gasteiger partial charge in [-0.2, -0.15) is 0 Å². The maximum atomic E-state index is 12.6. The third-order valence-electron chi connectivity index (χ3n) is 6.14. The third kappa shape index (κ3) is 3.21. The lowest BCUT2D eigenvalue weighted by Crippen LogP contribution is -2.46. The molecule has 4 amide bonds. The van der Waals surface area contributed by atoms with Crippen LogP contribution in [-0.2, 0) is 22.4 Å². The van der Waals surface area contributed by atoms with Crippen LogP contribution in [0.5, 0.6) is 0 Å². The van der Waals surface area contributed by atoms with E-state index in [2.05, 4.69) is 33.8 Å². The Morgan fingerprint density at radius 3 is 2.90 bits per heavy atom. The van der Waals surface area contributed by atoms with E-state index in [9.17, 15) is 14.4 Å². The van der Waals surface area contributed by atoms with Crippen molar-refractivity contribution >= 4 is 34.3 Å². The van der Waals surface area contributed by atoms with Crippen LogP contribution in [-0.4, -0.2) is 39.8 Å². The summed E-state index contributed by atoms with van der Waals surface area (Å²) in [6.45, 7) is 1.44. The molecule has 1 aliphatic heterocycles. The number of hydrogen-bond acceptors (Lipinski definition) is 5. The normalized spacial score (nSPS) is 23.3. The van der Waals surface area contributed by atoms with Gasteiger partial charge in [0, 0.05) is 10.9 Å². The number of aryl methyl sites for hydroxylation is 2. The topological polar surface area (TPSA) is 91.4 Å². The Balaban J connectivity index is 1.25. The van der Waals surface area contributed by atoms with Crippen LogP contribution in [0.1, 0.15) is 37.3 Å². The molecule has 5 rings (SSSR count). The molecule has 8 heteroatoms. The predicted molar refractivity (Wildman–Crippen MR) is 110 cm³/mol. The van der Waals surface area contributed by atoms with Gasteiger partial charge < -0.3 is 10.6 Å². The van der Waals surface area contributed by atoms with Crippen LogP contribution in [0.4, 0.5) is 9.93 Å². The Kier molecular flexibility index (Phi) is 4.20. The average molecular weight is 410 g/mol. The Hall–Kier alpha value is -2.74. The number of carbonyl (C=O) groups excluding carboxylic acids is 3. The summed E-state index contributed by atoms with van der Waals surface area (Å²) in [6.07, 6.45) is 5.28. The van der Waals surface area contributed by atoms with Crippen molar-refractivity contribution in [2.24, 2.45) is 5.92 Å². The van der Waals surface area contributed by atoms with Gasteiger partial charge in [0.05, 0.1) is 5.69 Å². The van der Waals surface area contributed by atoms with E-state index in [0.29, 0.717) is 5.13 Å². The first-order chi connectivity index (χ1) is 13.9. The number of thiazole rings is 1. The smallest absolute Gasteiger partial charge is 0.323 e. The number of amides is 4. The van der Waals surface area contributed by atoms with Gasteiger partial charge in [-0.25, -0.2) is 9.78 Å². The molecule has 0 spiro atoms. The molecular weight excluding hydrogens is 388 g/mol. The van der Waals surface area contributed by atoms with Crippen LogP contribution in [0, 0.1) is 5.92 Å². The Morgan fingerprint density at radius 1 is 1.31 bits per heavy atom. The van der Waals surface area contributed by atoms with Crippen molar-refractivity contribution in [3.8, 4) is 11.3 Å². The molecule has 2 fully saturated rings. The molecule has 2 N–H and O–H groups in total. The second-order valence-electron chi connectivity index (χ2n) is 8.22. The minimum absolute atomic E-state index is 0.167. The lowest BCUT2D eigenvalue weighted by molar-refractivity contribution is -0.134. The molecule has 2 aliphatic carbocycles. The highest BCUT2D eigenvalue weighted by molar-refractivity contribution is 7.14. The zero-order valence-corrected chi connectivity index (χ0v) is 17.0. The van der Waals surface area contributed by atoms with Gasteiger partial charge in [-0.15, -0.1) is 11.3 Å². The molecule has 0 radical (unpaired) electrons. The summed E-state index contributed by atoms with van der Waals surface area (Å²) in [5, 5.41) is 7.84. The van der Waals surface area contributed by atoms with E-state index in [1.54, 1.807) is 6.92 Å². The van der Waals surface area contributed by atoms with E-state index in [0.717, 1.165) is 41.8 Å². The summed E-state index contributed by atoms with van der Waals surface area (Å²) in [5.74, 6) is -0.581. The summed E-state index contributed by atoms with van der Waals surface area (Å²) in [4.78, 5) is 42.8. The van der Waals surface area contributed by atoms with Crippen molar-refractivity contribution in [3.63, 3.8) is 0 Å². The third-order valence-corrected chi connectivity index (χ3v) is 6.90. The van der Waals surface area contributed by atoms with E-state index in [1.807, 2.05) is 5.38 Å². The maximum absolute atomic E-state index is 12.6. The number of benzene rings is 1. The summed E-state index contributed by atoms with van der Waals surface area (Å²) in [6, 6.07) is 5.90. The number of urea groups is 1. The molecular formula is C21H22N4O3S. The predicted octanol–water partition coefficient (Wildman–Crippen LogP) is 2.96. The zero-order valence-electron chi connectivity index (χ0n) is 16.2. The van der Waals surface area contributed by atoms with Crippen molar-refractivity contribution in [2.75, 3.05) is 11.9 Å². The first kappa shape index (κ1) is 18.3. The molecule has 1 unspecified atom stereocenters. The molecule has 2 aromatic rings. The molecule has 29 heavy (non-hydrogen) atoms. The number of aromatic nitrogens is 1. The van der Waals surface area contributed by atoms with Crippen molar-refractivity contribution in [3.05, 3.63) is 34.7 Å². The molecule has 3 aliphatic rings. The van der Waals surface area contributed by atoms with Crippen LogP contribution in [0.3, 0.4) is 0 Å². The number of anilines is 1. The van der Waals surface area contributed by atoms with Crippen molar-refractivity contribution in [1.82, 2.24) is 15.2 Å². The van der Waals surface area contributed by atoms with Crippen LogP contribution in [0.2, 0.25) is 0 Å². The van der Waals surface area contributed by atoms with Crippen molar-refractivity contribution in [1.29, 1.82) is 0 Å². The lowest BCUT2D eigenvalue weighted by Gasteiger charge is -2.20. The largest absolute Gasteiger partial charge is 0.325 e. The fourth-order valence-corrected chi connectivity index (χ4v) is 5.03. The van der Waals surface area contributed by atoms with Crippen molar-refractivity contribution in [2.45, 2.75) is 44.6 Å². The minimum Gasteiger partial charge on any atom is -0.323 e. The van der Waals surface area contributed by atoms with Crippen LogP contribution in [0.25, 0.3) is 11.3 Å².